The Bertz CT molecular complexity index is 770. The second-order valence-corrected chi connectivity index (χ2v) is 5.99. The summed E-state index contributed by atoms with van der Waals surface area (Å²) in [4.78, 5) is 15.7. The molecule has 0 fully saturated rings. The van der Waals surface area contributed by atoms with Crippen molar-refractivity contribution in [2.75, 3.05) is 5.32 Å². The van der Waals surface area contributed by atoms with Gasteiger partial charge in [0.2, 0.25) is 10.0 Å². The summed E-state index contributed by atoms with van der Waals surface area (Å²) in [6.45, 7) is 0. The first kappa shape index (κ1) is 14.5. The fourth-order valence-electron chi connectivity index (χ4n) is 1.59. The van der Waals surface area contributed by atoms with E-state index in [1.165, 1.54) is 29.1 Å². The Labute approximate surface area is 120 Å². The van der Waals surface area contributed by atoms with Crippen LogP contribution < -0.4 is 10.5 Å². The average Bonchev–Trinajstić information content (AvgIpc) is 2.71. The van der Waals surface area contributed by atoms with Gasteiger partial charge in [0.25, 0.3) is 5.91 Å². The number of nitrogens with one attached hydrogen (secondary N) is 1. The molecule has 106 valence electrons. The van der Waals surface area contributed by atoms with E-state index in [1.807, 2.05) is 0 Å². The van der Waals surface area contributed by atoms with E-state index < -0.39 is 15.9 Å². The molecule has 0 saturated carbocycles. The van der Waals surface area contributed by atoms with Crippen LogP contribution in [0.15, 0.2) is 35.5 Å². The molecule has 0 aliphatic rings. The third kappa shape index (κ3) is 3.16. The van der Waals surface area contributed by atoms with Crippen molar-refractivity contribution < 1.29 is 13.2 Å². The van der Waals surface area contributed by atoms with Crippen LogP contribution in [0.1, 0.15) is 10.5 Å². The number of nitrogens with two attached hydrogens (primary N) is 1. The highest BCUT2D eigenvalue weighted by molar-refractivity contribution is 7.89. The van der Waals surface area contributed by atoms with Crippen molar-refractivity contribution >= 4 is 33.2 Å². The first-order chi connectivity index (χ1) is 9.27. The number of aromatic nitrogens is 2. The highest BCUT2D eigenvalue weighted by Gasteiger charge is 2.17. The largest absolute Gasteiger partial charge is 0.345 e. The van der Waals surface area contributed by atoms with Crippen LogP contribution in [-0.4, -0.2) is 23.9 Å². The zero-order valence-corrected chi connectivity index (χ0v) is 11.9. The van der Waals surface area contributed by atoms with Crippen molar-refractivity contribution in [3.8, 4) is 0 Å². The first-order valence-electron chi connectivity index (χ1n) is 5.39. The molecule has 0 aliphatic heterocycles. The maximum absolute atomic E-state index is 12.1. The number of halogens is 1. The van der Waals surface area contributed by atoms with E-state index in [4.69, 9.17) is 16.7 Å². The van der Waals surface area contributed by atoms with Crippen molar-refractivity contribution in [3.63, 3.8) is 0 Å². The number of anilines is 1. The highest BCUT2D eigenvalue weighted by Crippen LogP contribution is 2.16. The lowest BCUT2D eigenvalue weighted by Gasteiger charge is -2.05. The molecule has 0 unspecified atom stereocenters. The number of pyridine rings is 1. The second kappa shape index (κ2) is 5.23. The monoisotopic (exact) mass is 314 g/mol. The van der Waals surface area contributed by atoms with E-state index in [1.54, 1.807) is 13.1 Å². The van der Waals surface area contributed by atoms with Gasteiger partial charge in [-0.2, -0.15) is 0 Å². The molecule has 0 saturated heterocycles. The Balaban J connectivity index is 2.28. The highest BCUT2D eigenvalue weighted by atomic mass is 35.5. The number of amides is 1. The van der Waals surface area contributed by atoms with Gasteiger partial charge in [0.05, 0.1) is 0 Å². The van der Waals surface area contributed by atoms with Gasteiger partial charge in [-0.15, -0.1) is 0 Å². The van der Waals surface area contributed by atoms with Gasteiger partial charge >= 0.3 is 0 Å². The molecule has 2 aromatic heterocycles. The van der Waals surface area contributed by atoms with Crippen molar-refractivity contribution in [1.29, 1.82) is 0 Å². The van der Waals surface area contributed by atoms with Crippen molar-refractivity contribution in [2.24, 2.45) is 12.2 Å². The van der Waals surface area contributed by atoms with Gasteiger partial charge in [0, 0.05) is 25.1 Å². The van der Waals surface area contributed by atoms with Crippen molar-refractivity contribution in [2.45, 2.75) is 4.90 Å². The van der Waals surface area contributed by atoms with Crippen molar-refractivity contribution in [1.82, 2.24) is 9.55 Å². The number of primary sulfonamides is 1. The molecule has 2 heterocycles. The summed E-state index contributed by atoms with van der Waals surface area (Å²) in [5.41, 5.74) is 0.607. The summed E-state index contributed by atoms with van der Waals surface area (Å²) in [5.74, 6) is -0.482. The van der Waals surface area contributed by atoms with Crippen LogP contribution in [0.5, 0.6) is 0 Å². The topological polar surface area (TPSA) is 107 Å². The van der Waals surface area contributed by atoms with Crippen LogP contribution in [0.3, 0.4) is 0 Å². The van der Waals surface area contributed by atoms with E-state index in [0.29, 0.717) is 5.69 Å². The average molecular weight is 315 g/mol. The molecule has 0 spiro atoms. The van der Waals surface area contributed by atoms with Gasteiger partial charge in [0.15, 0.2) is 0 Å². The summed E-state index contributed by atoms with van der Waals surface area (Å²) in [7, 11) is -2.30. The molecule has 2 aromatic rings. The van der Waals surface area contributed by atoms with Gasteiger partial charge < -0.3 is 9.88 Å². The molecule has 2 rings (SSSR count). The number of sulfonamides is 1. The third-order valence-corrected chi connectivity index (χ3v) is 3.61. The lowest BCUT2D eigenvalue weighted by molar-refractivity contribution is 0.101. The van der Waals surface area contributed by atoms with Gasteiger partial charge in [-0.05, 0) is 18.2 Å². The molecular formula is C11H11ClN4O3S. The Kier molecular flexibility index (Phi) is 3.80. The minimum atomic E-state index is -3.85. The number of carbonyl (C=O) groups excluding carboxylic acids is 1. The Morgan fingerprint density at radius 1 is 1.45 bits per heavy atom. The number of hydrogen-bond acceptors (Lipinski definition) is 4. The van der Waals surface area contributed by atoms with Crippen molar-refractivity contribution in [3.05, 3.63) is 41.4 Å². The smallest absolute Gasteiger partial charge is 0.272 e. The molecule has 3 N–H and O–H groups in total. The SMILES string of the molecule is Cn1cc(S(N)(=O)=O)cc1C(=O)Nc1ccnc(Cl)c1. The summed E-state index contributed by atoms with van der Waals surface area (Å²) in [5, 5.41) is 7.83. The standard InChI is InChI=1S/C11H11ClN4O3S/c1-16-6-8(20(13,18)19)5-9(16)11(17)15-7-2-3-14-10(12)4-7/h2-6H,1H3,(H2,13,18,19)(H,14,15,17). The molecule has 0 radical (unpaired) electrons. The number of nitrogens with zero attached hydrogens (tertiary/aromatic N) is 2. The second-order valence-electron chi connectivity index (χ2n) is 4.04. The Morgan fingerprint density at radius 3 is 2.70 bits per heavy atom. The maximum Gasteiger partial charge on any atom is 0.272 e. The quantitative estimate of drug-likeness (QED) is 0.823. The van der Waals surface area contributed by atoms with Crippen LogP contribution >= 0.6 is 11.6 Å². The molecule has 0 aliphatic carbocycles. The van der Waals surface area contributed by atoms with E-state index in [2.05, 4.69) is 10.3 Å². The molecule has 0 atom stereocenters. The normalized spacial score (nSPS) is 11.3. The fraction of sp³-hybridized carbons (Fsp3) is 0.0909. The van der Waals surface area contributed by atoms with Gasteiger partial charge in [-0.3, -0.25) is 4.79 Å². The minimum absolute atomic E-state index is 0.127. The fourth-order valence-corrected chi connectivity index (χ4v) is 2.35. The predicted molar refractivity (Wildman–Crippen MR) is 74.0 cm³/mol. The predicted octanol–water partition coefficient (Wildman–Crippen LogP) is 0.973. The first-order valence-corrected chi connectivity index (χ1v) is 7.32. The number of hydrogen-bond donors (Lipinski definition) is 2. The Morgan fingerprint density at radius 2 is 2.15 bits per heavy atom. The summed E-state index contributed by atoms with van der Waals surface area (Å²) < 4.78 is 23.8. The number of aryl methyl sites for hydroxylation is 1. The van der Waals surface area contributed by atoms with E-state index in [9.17, 15) is 13.2 Å². The molecular weight excluding hydrogens is 304 g/mol. The minimum Gasteiger partial charge on any atom is -0.345 e. The van der Waals surface area contributed by atoms with E-state index in [-0.39, 0.29) is 15.7 Å². The lowest BCUT2D eigenvalue weighted by atomic mass is 10.3. The lowest BCUT2D eigenvalue weighted by Crippen LogP contribution is -2.15. The maximum atomic E-state index is 12.1. The van der Waals surface area contributed by atoms with Crippen LogP contribution in [0.2, 0.25) is 5.15 Å². The molecule has 0 bridgehead atoms. The van der Waals surface area contributed by atoms with Crippen LogP contribution in [0, 0.1) is 0 Å². The zero-order valence-electron chi connectivity index (χ0n) is 10.4. The van der Waals surface area contributed by atoms with Crippen LogP contribution in [0.4, 0.5) is 5.69 Å². The summed E-state index contributed by atoms with van der Waals surface area (Å²) in [6.07, 6.45) is 2.71. The van der Waals surface area contributed by atoms with Crippen LogP contribution in [0.25, 0.3) is 0 Å². The molecule has 7 nitrogen and oxygen atoms in total. The zero-order chi connectivity index (χ0) is 14.9. The molecule has 1 amide bonds. The summed E-state index contributed by atoms with van der Waals surface area (Å²) >= 11 is 5.71. The van der Waals surface area contributed by atoms with E-state index >= 15 is 0 Å². The van der Waals surface area contributed by atoms with Gasteiger partial charge in [0.1, 0.15) is 15.7 Å². The molecule has 20 heavy (non-hydrogen) atoms. The van der Waals surface area contributed by atoms with Gasteiger partial charge in [-0.25, -0.2) is 18.5 Å². The Hall–Kier alpha value is -1.90. The molecule has 9 heteroatoms. The number of rotatable bonds is 3. The van der Waals surface area contributed by atoms with Crippen LogP contribution in [-0.2, 0) is 17.1 Å². The third-order valence-electron chi connectivity index (χ3n) is 2.53. The van der Waals surface area contributed by atoms with Gasteiger partial charge in [-0.1, -0.05) is 11.6 Å². The molecule has 0 aromatic carbocycles. The van der Waals surface area contributed by atoms with E-state index in [0.717, 1.165) is 0 Å². The summed E-state index contributed by atoms with van der Waals surface area (Å²) in [6, 6.07) is 4.24. The number of carbonyl (C=O) groups is 1.